The molecule has 0 bridgehead atoms. The number of nitrogens with zero attached hydrogens (tertiary/aromatic N) is 1. The molecule has 3 amide bonds. The number of para-hydroxylation sites is 1. The molecule has 29 heavy (non-hydrogen) atoms. The van der Waals surface area contributed by atoms with Crippen LogP contribution in [0, 0.1) is 0 Å². The Hall–Kier alpha value is -3.80. The van der Waals surface area contributed by atoms with Gasteiger partial charge in [0.2, 0.25) is 0 Å². The lowest BCUT2D eigenvalue weighted by Gasteiger charge is -2.18. The summed E-state index contributed by atoms with van der Waals surface area (Å²) in [5, 5.41) is 8.48. The smallest absolute Gasteiger partial charge is 0.323 e. The average molecular weight is 388 g/mol. The molecule has 0 unspecified atom stereocenters. The maximum Gasteiger partial charge on any atom is 0.323 e. The van der Waals surface area contributed by atoms with E-state index in [1.165, 1.54) is 0 Å². The number of hydrogen-bond donors (Lipinski definition) is 3. The van der Waals surface area contributed by atoms with Gasteiger partial charge in [0.15, 0.2) is 0 Å². The van der Waals surface area contributed by atoms with Crippen molar-refractivity contribution >= 4 is 29.0 Å². The average Bonchev–Trinajstić information content (AvgIpc) is 2.73. The number of carbonyl (C=O) groups excluding carboxylic acids is 2. The zero-order chi connectivity index (χ0) is 20.6. The van der Waals surface area contributed by atoms with Crippen molar-refractivity contribution in [2.75, 3.05) is 29.6 Å². The van der Waals surface area contributed by atoms with Crippen molar-refractivity contribution in [1.82, 2.24) is 5.32 Å². The number of amides is 3. The molecule has 3 rings (SSSR count). The summed E-state index contributed by atoms with van der Waals surface area (Å²) in [6, 6.07) is 23.8. The van der Waals surface area contributed by atoms with E-state index in [1.54, 1.807) is 24.3 Å². The van der Waals surface area contributed by atoms with E-state index < -0.39 is 0 Å². The van der Waals surface area contributed by atoms with Crippen LogP contribution in [0.4, 0.5) is 21.9 Å². The van der Waals surface area contributed by atoms with Gasteiger partial charge in [-0.05, 0) is 35.9 Å². The fourth-order valence-electron chi connectivity index (χ4n) is 2.87. The standard InChI is InChI=1S/C23H24N4O2/c1-27(2)21-14-13-19(26-23(29)25-18-11-7-4-8-12-18)15-20(21)22(28)24-16-17-9-5-3-6-10-17/h3-15H,16H2,1-2H3,(H,24,28)(H2,25,26,29). The summed E-state index contributed by atoms with van der Waals surface area (Å²) in [6.45, 7) is 0.429. The van der Waals surface area contributed by atoms with Gasteiger partial charge in [0, 0.05) is 37.7 Å². The van der Waals surface area contributed by atoms with Crippen molar-refractivity contribution in [3.8, 4) is 0 Å². The first-order valence-corrected chi connectivity index (χ1v) is 9.29. The molecule has 6 nitrogen and oxygen atoms in total. The normalized spacial score (nSPS) is 10.1. The number of carbonyl (C=O) groups is 2. The van der Waals surface area contributed by atoms with Gasteiger partial charge in [0.25, 0.3) is 5.91 Å². The topological polar surface area (TPSA) is 73.5 Å². The van der Waals surface area contributed by atoms with Crippen LogP contribution in [-0.2, 0) is 6.54 Å². The van der Waals surface area contributed by atoms with Gasteiger partial charge in [-0.2, -0.15) is 0 Å². The van der Waals surface area contributed by atoms with Crippen molar-refractivity contribution in [3.63, 3.8) is 0 Å². The van der Waals surface area contributed by atoms with Crippen LogP contribution in [0.25, 0.3) is 0 Å². The molecule has 0 aliphatic carbocycles. The minimum absolute atomic E-state index is 0.204. The molecule has 0 saturated carbocycles. The number of nitrogens with one attached hydrogen (secondary N) is 3. The van der Waals surface area contributed by atoms with E-state index in [1.807, 2.05) is 73.6 Å². The lowest BCUT2D eigenvalue weighted by molar-refractivity contribution is 0.0951. The number of urea groups is 1. The van der Waals surface area contributed by atoms with E-state index in [0.717, 1.165) is 11.3 Å². The molecule has 0 atom stereocenters. The molecule has 3 aromatic carbocycles. The second-order valence-electron chi connectivity index (χ2n) is 6.74. The zero-order valence-electron chi connectivity index (χ0n) is 16.5. The van der Waals surface area contributed by atoms with Crippen molar-refractivity contribution in [2.45, 2.75) is 6.54 Å². The highest BCUT2D eigenvalue weighted by Crippen LogP contribution is 2.23. The summed E-state index contributed by atoms with van der Waals surface area (Å²) < 4.78 is 0. The molecule has 3 aromatic rings. The van der Waals surface area contributed by atoms with E-state index in [9.17, 15) is 9.59 Å². The summed E-state index contributed by atoms with van der Waals surface area (Å²) in [7, 11) is 3.75. The van der Waals surface area contributed by atoms with Crippen LogP contribution < -0.4 is 20.9 Å². The van der Waals surface area contributed by atoms with Gasteiger partial charge in [-0.25, -0.2) is 4.79 Å². The predicted molar refractivity (Wildman–Crippen MR) is 117 cm³/mol. The lowest BCUT2D eigenvalue weighted by atomic mass is 10.1. The van der Waals surface area contributed by atoms with Crippen LogP contribution >= 0.6 is 0 Å². The number of benzene rings is 3. The van der Waals surface area contributed by atoms with Crippen molar-refractivity contribution < 1.29 is 9.59 Å². The number of hydrogen-bond acceptors (Lipinski definition) is 3. The largest absolute Gasteiger partial charge is 0.377 e. The Labute approximate surface area is 170 Å². The number of anilines is 3. The monoisotopic (exact) mass is 388 g/mol. The fourth-order valence-corrected chi connectivity index (χ4v) is 2.87. The summed E-state index contributed by atoms with van der Waals surface area (Å²) in [6.07, 6.45) is 0. The van der Waals surface area contributed by atoms with Crippen LogP contribution in [0.3, 0.4) is 0 Å². The molecular weight excluding hydrogens is 364 g/mol. The second-order valence-corrected chi connectivity index (χ2v) is 6.74. The molecule has 0 fully saturated rings. The van der Waals surface area contributed by atoms with E-state index in [-0.39, 0.29) is 11.9 Å². The molecule has 0 spiro atoms. The minimum Gasteiger partial charge on any atom is -0.377 e. The second kappa shape index (κ2) is 9.41. The molecule has 0 aliphatic heterocycles. The summed E-state index contributed by atoms with van der Waals surface area (Å²) in [4.78, 5) is 26.9. The van der Waals surface area contributed by atoms with Crippen LogP contribution in [0.5, 0.6) is 0 Å². The zero-order valence-corrected chi connectivity index (χ0v) is 16.5. The predicted octanol–water partition coefficient (Wildman–Crippen LogP) is 4.33. The third-order valence-corrected chi connectivity index (χ3v) is 4.31. The van der Waals surface area contributed by atoms with Crippen molar-refractivity contribution in [3.05, 3.63) is 90.0 Å². The van der Waals surface area contributed by atoms with E-state index in [4.69, 9.17) is 0 Å². The van der Waals surface area contributed by atoms with Crippen LogP contribution in [0.2, 0.25) is 0 Å². The fraction of sp³-hybridized carbons (Fsp3) is 0.130. The van der Waals surface area contributed by atoms with E-state index >= 15 is 0 Å². The Balaban J connectivity index is 1.73. The first-order valence-electron chi connectivity index (χ1n) is 9.29. The highest BCUT2D eigenvalue weighted by molar-refractivity contribution is 6.03. The maximum absolute atomic E-state index is 12.8. The van der Waals surface area contributed by atoms with Gasteiger partial charge in [0.05, 0.1) is 5.56 Å². The van der Waals surface area contributed by atoms with Crippen LogP contribution in [0.1, 0.15) is 15.9 Å². The molecular formula is C23H24N4O2. The van der Waals surface area contributed by atoms with Gasteiger partial charge >= 0.3 is 6.03 Å². The quantitative estimate of drug-likeness (QED) is 0.589. The summed E-state index contributed by atoms with van der Waals surface area (Å²) in [5.74, 6) is -0.204. The molecule has 3 N–H and O–H groups in total. The summed E-state index contributed by atoms with van der Waals surface area (Å²) >= 11 is 0. The number of rotatable bonds is 6. The Morgan fingerprint density at radius 2 is 1.41 bits per heavy atom. The molecule has 0 saturated heterocycles. The Morgan fingerprint density at radius 1 is 0.793 bits per heavy atom. The molecule has 0 heterocycles. The van der Waals surface area contributed by atoms with Gasteiger partial charge in [-0.15, -0.1) is 0 Å². The molecule has 0 radical (unpaired) electrons. The first kappa shape index (κ1) is 19.9. The maximum atomic E-state index is 12.8. The molecule has 0 aliphatic rings. The van der Waals surface area contributed by atoms with Crippen LogP contribution in [0.15, 0.2) is 78.9 Å². The third kappa shape index (κ3) is 5.59. The van der Waals surface area contributed by atoms with E-state index in [0.29, 0.717) is 23.5 Å². The highest BCUT2D eigenvalue weighted by Gasteiger charge is 2.15. The van der Waals surface area contributed by atoms with Gasteiger partial charge < -0.3 is 20.9 Å². The summed E-state index contributed by atoms with van der Waals surface area (Å²) in [5.41, 5.74) is 3.50. The first-order chi connectivity index (χ1) is 14.0. The SMILES string of the molecule is CN(C)c1ccc(NC(=O)Nc2ccccc2)cc1C(=O)NCc1ccccc1. The minimum atomic E-state index is -0.371. The molecule has 0 aromatic heterocycles. The highest BCUT2D eigenvalue weighted by atomic mass is 16.2. The molecule has 6 heteroatoms. The van der Waals surface area contributed by atoms with Gasteiger partial charge in [0.1, 0.15) is 0 Å². The van der Waals surface area contributed by atoms with E-state index in [2.05, 4.69) is 16.0 Å². The van der Waals surface area contributed by atoms with Gasteiger partial charge in [-0.3, -0.25) is 4.79 Å². The van der Waals surface area contributed by atoms with Crippen LogP contribution in [-0.4, -0.2) is 26.0 Å². The molecule has 148 valence electrons. The third-order valence-electron chi connectivity index (χ3n) is 4.31. The van der Waals surface area contributed by atoms with Crippen molar-refractivity contribution in [1.29, 1.82) is 0 Å². The van der Waals surface area contributed by atoms with Gasteiger partial charge in [-0.1, -0.05) is 48.5 Å². The Bertz CT molecular complexity index is 973. The van der Waals surface area contributed by atoms with Crippen molar-refractivity contribution in [2.24, 2.45) is 0 Å². The Morgan fingerprint density at radius 3 is 2.07 bits per heavy atom. The lowest BCUT2D eigenvalue weighted by Crippen LogP contribution is -2.26. The Kier molecular flexibility index (Phi) is 6.47.